The van der Waals surface area contributed by atoms with Crippen LogP contribution >= 0.6 is 11.6 Å². The minimum absolute atomic E-state index is 0.0700. The highest BCUT2D eigenvalue weighted by atomic mass is 35.5. The number of carbonyl (C=O) groups excluding carboxylic acids is 2. The van der Waals surface area contributed by atoms with Crippen LogP contribution in [0, 0.1) is 0 Å². The predicted molar refractivity (Wildman–Crippen MR) is 126 cm³/mol. The molecule has 2 aliphatic rings. The Hall–Kier alpha value is -3.97. The highest BCUT2D eigenvalue weighted by Gasteiger charge is 2.35. The summed E-state index contributed by atoms with van der Waals surface area (Å²) < 4.78 is 16.2. The van der Waals surface area contributed by atoms with Gasteiger partial charge in [0.05, 0.1) is 18.2 Å². The summed E-state index contributed by atoms with van der Waals surface area (Å²) in [6.45, 7) is 2.34. The van der Waals surface area contributed by atoms with Gasteiger partial charge in [0.2, 0.25) is 6.79 Å². The van der Waals surface area contributed by atoms with E-state index >= 15 is 0 Å². The van der Waals surface area contributed by atoms with Gasteiger partial charge in [0.15, 0.2) is 23.0 Å². The largest absolute Gasteiger partial charge is 0.503 e. The van der Waals surface area contributed by atoms with Crippen molar-refractivity contribution in [2.75, 3.05) is 13.4 Å². The summed E-state index contributed by atoms with van der Waals surface area (Å²) in [6, 6.07) is 15.4. The number of fused-ring (bicyclic) bond motifs is 2. The number of rotatable bonds is 5. The molecular formula is C26H20ClNO6. The number of ether oxygens (including phenoxy) is 3. The lowest BCUT2D eigenvalue weighted by molar-refractivity contribution is -0.123. The van der Waals surface area contributed by atoms with Gasteiger partial charge in [-0.3, -0.25) is 14.5 Å². The molecular weight excluding hydrogens is 458 g/mol. The molecule has 0 atom stereocenters. The van der Waals surface area contributed by atoms with Crippen LogP contribution in [0.5, 0.6) is 23.0 Å². The Labute approximate surface area is 200 Å². The Morgan fingerprint density at radius 2 is 1.79 bits per heavy atom. The summed E-state index contributed by atoms with van der Waals surface area (Å²) in [7, 11) is 0. The van der Waals surface area contributed by atoms with E-state index in [0.717, 1.165) is 5.56 Å². The molecule has 0 fully saturated rings. The molecule has 2 amide bonds. The number of hydrogen-bond acceptors (Lipinski definition) is 6. The molecule has 0 spiro atoms. The van der Waals surface area contributed by atoms with Crippen molar-refractivity contribution in [2.24, 2.45) is 0 Å². The van der Waals surface area contributed by atoms with Crippen LogP contribution in [-0.4, -0.2) is 35.2 Å². The third-order valence-corrected chi connectivity index (χ3v) is 5.90. The van der Waals surface area contributed by atoms with E-state index < -0.39 is 5.91 Å². The van der Waals surface area contributed by atoms with Gasteiger partial charge >= 0.3 is 0 Å². The van der Waals surface area contributed by atoms with Crippen molar-refractivity contribution in [1.29, 1.82) is 0 Å². The van der Waals surface area contributed by atoms with Gasteiger partial charge in [-0.25, -0.2) is 0 Å². The molecule has 0 saturated heterocycles. The second-order valence-electron chi connectivity index (χ2n) is 7.77. The Bertz CT molecular complexity index is 1350. The molecule has 34 heavy (non-hydrogen) atoms. The van der Waals surface area contributed by atoms with Gasteiger partial charge in [0.25, 0.3) is 11.8 Å². The van der Waals surface area contributed by atoms with Gasteiger partial charge in [0, 0.05) is 11.1 Å². The zero-order valence-electron chi connectivity index (χ0n) is 18.2. The van der Waals surface area contributed by atoms with Crippen LogP contribution in [0.2, 0.25) is 5.02 Å². The molecule has 0 radical (unpaired) electrons. The predicted octanol–water partition coefficient (Wildman–Crippen LogP) is 4.90. The quantitative estimate of drug-likeness (QED) is 0.415. The highest BCUT2D eigenvalue weighted by Crippen LogP contribution is 2.38. The van der Waals surface area contributed by atoms with Crippen LogP contribution in [0.3, 0.4) is 0 Å². The number of hydrogen-bond donors (Lipinski definition) is 1. The summed E-state index contributed by atoms with van der Waals surface area (Å²) in [6.07, 6.45) is 1.65. The lowest BCUT2D eigenvalue weighted by Gasteiger charge is -2.29. The van der Waals surface area contributed by atoms with Crippen LogP contribution in [0.15, 0.2) is 54.6 Å². The van der Waals surface area contributed by atoms with Crippen molar-refractivity contribution in [1.82, 2.24) is 4.90 Å². The molecule has 5 rings (SSSR count). The Morgan fingerprint density at radius 1 is 1.03 bits per heavy atom. The average molecular weight is 478 g/mol. The lowest BCUT2D eigenvalue weighted by Crippen LogP contribution is -2.41. The van der Waals surface area contributed by atoms with E-state index in [1.54, 1.807) is 67.6 Å². The zero-order valence-corrected chi connectivity index (χ0v) is 19.0. The minimum atomic E-state index is -0.441. The summed E-state index contributed by atoms with van der Waals surface area (Å²) in [5, 5.41) is 10.3. The molecule has 2 aliphatic heterocycles. The number of imide groups is 1. The maximum absolute atomic E-state index is 13.6. The van der Waals surface area contributed by atoms with E-state index in [0.29, 0.717) is 40.4 Å². The van der Waals surface area contributed by atoms with E-state index in [1.807, 2.05) is 0 Å². The third-order valence-electron chi connectivity index (χ3n) is 5.61. The number of phenols is 1. The number of halogens is 1. The summed E-state index contributed by atoms with van der Waals surface area (Å²) in [4.78, 5) is 28.0. The third kappa shape index (κ3) is 3.84. The van der Waals surface area contributed by atoms with E-state index in [2.05, 4.69) is 0 Å². The van der Waals surface area contributed by atoms with Crippen molar-refractivity contribution < 1.29 is 28.9 Å². The monoisotopic (exact) mass is 477 g/mol. The van der Waals surface area contributed by atoms with Crippen LogP contribution in [0.25, 0.3) is 11.6 Å². The molecule has 7 nitrogen and oxygen atoms in total. The Morgan fingerprint density at radius 3 is 2.59 bits per heavy atom. The van der Waals surface area contributed by atoms with Gasteiger partial charge in [0.1, 0.15) is 0 Å². The number of phenolic OH excluding ortho intramolecular Hbond substituents is 1. The molecule has 8 heteroatoms. The molecule has 3 aromatic rings. The molecule has 172 valence electrons. The van der Waals surface area contributed by atoms with Gasteiger partial charge in [-0.05, 0) is 60.0 Å². The van der Waals surface area contributed by atoms with Gasteiger partial charge in [-0.15, -0.1) is 0 Å². The highest BCUT2D eigenvalue weighted by molar-refractivity contribution is 6.34. The zero-order chi connectivity index (χ0) is 23.8. The number of nitrogens with zero attached hydrogens (tertiary/aromatic N) is 1. The van der Waals surface area contributed by atoms with Crippen molar-refractivity contribution in [3.05, 3.63) is 81.9 Å². The molecule has 0 saturated carbocycles. The maximum Gasteiger partial charge on any atom is 0.261 e. The van der Waals surface area contributed by atoms with Crippen molar-refractivity contribution in [2.45, 2.75) is 13.5 Å². The summed E-state index contributed by atoms with van der Waals surface area (Å²) >= 11 is 6.18. The fourth-order valence-corrected chi connectivity index (χ4v) is 4.24. The first kappa shape index (κ1) is 21.9. The number of aromatic hydroxyl groups is 1. The Balaban J connectivity index is 1.57. The average Bonchev–Trinajstić information content (AvgIpc) is 3.31. The van der Waals surface area contributed by atoms with Gasteiger partial charge in [-0.2, -0.15) is 0 Å². The second kappa shape index (κ2) is 8.76. The first-order chi connectivity index (χ1) is 16.5. The van der Waals surface area contributed by atoms with E-state index in [1.165, 1.54) is 4.90 Å². The SMILES string of the molecule is CCOc1cc(C=C2C(=O)N(Cc3ccc4c(c3)OCO4)C(=O)c3ccccc32)cc(Cl)c1O. The summed E-state index contributed by atoms with van der Waals surface area (Å²) in [5.41, 5.74) is 2.57. The topological polar surface area (TPSA) is 85.3 Å². The molecule has 0 bridgehead atoms. The van der Waals surface area contributed by atoms with Crippen molar-refractivity contribution in [3.63, 3.8) is 0 Å². The number of amides is 2. The molecule has 0 aromatic heterocycles. The first-order valence-corrected chi connectivity index (χ1v) is 11.0. The normalized spacial score (nSPS) is 15.6. The van der Waals surface area contributed by atoms with Crippen molar-refractivity contribution in [3.8, 4) is 23.0 Å². The fourth-order valence-electron chi connectivity index (χ4n) is 4.02. The molecule has 1 N–H and O–H groups in total. The van der Waals surface area contributed by atoms with Crippen LogP contribution < -0.4 is 14.2 Å². The lowest BCUT2D eigenvalue weighted by atomic mass is 9.91. The number of benzene rings is 3. The van der Waals surface area contributed by atoms with E-state index in [4.69, 9.17) is 25.8 Å². The van der Waals surface area contributed by atoms with E-state index in [-0.39, 0.29) is 35.8 Å². The van der Waals surface area contributed by atoms with Crippen LogP contribution in [0.4, 0.5) is 0 Å². The summed E-state index contributed by atoms with van der Waals surface area (Å²) in [5.74, 6) is 0.429. The minimum Gasteiger partial charge on any atom is -0.503 e. The van der Waals surface area contributed by atoms with Crippen LogP contribution in [-0.2, 0) is 11.3 Å². The van der Waals surface area contributed by atoms with Crippen molar-refractivity contribution >= 4 is 35.1 Å². The first-order valence-electron chi connectivity index (χ1n) is 10.7. The Kier molecular flexibility index (Phi) is 5.63. The standard InChI is InChI=1S/C26H20ClNO6/c1-2-32-23-12-16(10-20(27)24(23)29)9-19-17-5-3-4-6-18(17)25(30)28(26(19)31)13-15-7-8-21-22(11-15)34-14-33-21/h3-12,29H,2,13-14H2,1H3. The number of carbonyl (C=O) groups is 2. The van der Waals surface area contributed by atoms with Crippen LogP contribution in [0.1, 0.15) is 34.0 Å². The maximum atomic E-state index is 13.6. The second-order valence-corrected chi connectivity index (χ2v) is 8.18. The van der Waals surface area contributed by atoms with Gasteiger partial charge in [-0.1, -0.05) is 35.9 Å². The molecule has 0 aliphatic carbocycles. The molecule has 3 aromatic carbocycles. The fraction of sp³-hybridized carbons (Fsp3) is 0.154. The molecule has 2 heterocycles. The molecule has 0 unspecified atom stereocenters. The smallest absolute Gasteiger partial charge is 0.261 e. The van der Waals surface area contributed by atoms with E-state index in [9.17, 15) is 14.7 Å². The van der Waals surface area contributed by atoms with Gasteiger partial charge < -0.3 is 19.3 Å².